The Bertz CT molecular complexity index is 1340. The van der Waals surface area contributed by atoms with E-state index in [-0.39, 0.29) is 5.91 Å². The maximum absolute atomic E-state index is 12.5. The summed E-state index contributed by atoms with van der Waals surface area (Å²) in [5.74, 6) is 0.591. The Hall–Kier alpha value is -3.25. The minimum Gasteiger partial charge on any atom is -0.431 e. The maximum Gasteiger partial charge on any atom is 0.256 e. The number of hydrogen-bond donors (Lipinski definition) is 1. The zero-order chi connectivity index (χ0) is 20.5. The summed E-state index contributed by atoms with van der Waals surface area (Å²) < 4.78 is 7.99. The molecule has 0 saturated carbocycles. The molecular formula is C24H21N3O2S. The van der Waals surface area contributed by atoms with Gasteiger partial charge in [-0.3, -0.25) is 4.79 Å². The summed E-state index contributed by atoms with van der Waals surface area (Å²) in [6, 6.07) is 22.2. The van der Waals surface area contributed by atoms with Crippen molar-refractivity contribution in [2.45, 2.75) is 25.1 Å². The Morgan fingerprint density at radius 2 is 1.83 bits per heavy atom. The Balaban J connectivity index is 1.28. The summed E-state index contributed by atoms with van der Waals surface area (Å²) in [5.41, 5.74) is 4.82. The van der Waals surface area contributed by atoms with Crippen LogP contribution in [0, 0.1) is 0 Å². The van der Waals surface area contributed by atoms with E-state index in [1.54, 1.807) is 0 Å². The van der Waals surface area contributed by atoms with Gasteiger partial charge in [-0.1, -0.05) is 42.1 Å². The van der Waals surface area contributed by atoms with Crippen molar-refractivity contribution in [1.29, 1.82) is 0 Å². The molecule has 2 aromatic heterocycles. The number of benzene rings is 3. The fourth-order valence-corrected chi connectivity index (χ4v) is 4.61. The van der Waals surface area contributed by atoms with E-state index in [0.29, 0.717) is 17.4 Å². The van der Waals surface area contributed by atoms with Gasteiger partial charge >= 0.3 is 0 Å². The number of thioether (sulfide) groups is 1. The molecule has 30 heavy (non-hydrogen) atoms. The summed E-state index contributed by atoms with van der Waals surface area (Å²) in [6.45, 7) is 3.05. The molecule has 5 aromatic rings. The molecule has 0 fully saturated rings. The fourth-order valence-electron chi connectivity index (χ4n) is 3.84. The van der Waals surface area contributed by atoms with E-state index in [1.165, 1.54) is 28.2 Å². The van der Waals surface area contributed by atoms with Crippen molar-refractivity contribution in [2.75, 3.05) is 11.1 Å². The number of para-hydroxylation sites is 3. The monoisotopic (exact) mass is 415 g/mol. The molecule has 150 valence electrons. The fraction of sp³-hybridized carbons (Fsp3) is 0.167. The predicted molar refractivity (Wildman–Crippen MR) is 123 cm³/mol. The zero-order valence-electron chi connectivity index (χ0n) is 16.6. The van der Waals surface area contributed by atoms with E-state index in [0.717, 1.165) is 28.7 Å². The van der Waals surface area contributed by atoms with Crippen LogP contribution in [0.1, 0.15) is 13.3 Å². The van der Waals surface area contributed by atoms with E-state index in [1.807, 2.05) is 30.3 Å². The van der Waals surface area contributed by atoms with E-state index in [2.05, 4.69) is 58.2 Å². The first kappa shape index (κ1) is 18.8. The second-order valence-corrected chi connectivity index (χ2v) is 8.13. The molecule has 0 saturated heterocycles. The minimum absolute atomic E-state index is 0.0165. The van der Waals surface area contributed by atoms with Crippen molar-refractivity contribution < 1.29 is 9.21 Å². The lowest BCUT2D eigenvalue weighted by Gasteiger charge is -2.06. The quantitative estimate of drug-likeness (QED) is 0.342. The molecule has 0 bridgehead atoms. The molecule has 6 heteroatoms. The number of nitrogens with zero attached hydrogens (tertiary/aromatic N) is 2. The number of nitrogens with one attached hydrogen (secondary N) is 1. The first-order valence-corrected chi connectivity index (χ1v) is 11.0. The van der Waals surface area contributed by atoms with Gasteiger partial charge in [0.25, 0.3) is 5.22 Å². The molecule has 0 radical (unpaired) electrons. The lowest BCUT2D eigenvalue weighted by atomic mass is 10.1. The smallest absolute Gasteiger partial charge is 0.256 e. The molecule has 1 amide bonds. The summed E-state index contributed by atoms with van der Waals surface area (Å²) in [6.07, 6.45) is 0.387. The van der Waals surface area contributed by atoms with Crippen molar-refractivity contribution in [3.8, 4) is 0 Å². The summed E-state index contributed by atoms with van der Waals surface area (Å²) in [5, 5.41) is 5.99. The standard InChI is InChI=1S/C24H21N3O2S/c1-2-27-20-9-5-3-7-17(20)18-15-16(11-12-21(18)27)25-23(28)13-14-30-24-26-19-8-4-6-10-22(19)29-24/h3-12,15H,2,13-14H2,1H3,(H,25,28). The highest BCUT2D eigenvalue weighted by molar-refractivity contribution is 7.99. The molecule has 0 spiro atoms. The molecule has 3 aromatic carbocycles. The van der Waals surface area contributed by atoms with Crippen molar-refractivity contribution in [1.82, 2.24) is 9.55 Å². The van der Waals surface area contributed by atoms with Crippen molar-refractivity contribution in [2.24, 2.45) is 0 Å². The van der Waals surface area contributed by atoms with Gasteiger partial charge in [-0.15, -0.1) is 0 Å². The molecule has 5 nitrogen and oxygen atoms in total. The second kappa shape index (κ2) is 7.88. The number of carbonyl (C=O) groups is 1. The molecule has 1 N–H and O–H groups in total. The summed E-state index contributed by atoms with van der Waals surface area (Å²) >= 11 is 1.45. The Morgan fingerprint density at radius 3 is 2.70 bits per heavy atom. The number of aryl methyl sites for hydroxylation is 1. The van der Waals surface area contributed by atoms with Crippen molar-refractivity contribution in [3.63, 3.8) is 0 Å². The number of carbonyl (C=O) groups excluding carboxylic acids is 1. The minimum atomic E-state index is -0.0165. The van der Waals surface area contributed by atoms with Crippen LogP contribution in [-0.2, 0) is 11.3 Å². The van der Waals surface area contributed by atoms with Gasteiger partial charge in [-0.05, 0) is 43.3 Å². The van der Waals surface area contributed by atoms with Crippen LogP contribution in [0.15, 0.2) is 76.4 Å². The largest absolute Gasteiger partial charge is 0.431 e. The van der Waals surface area contributed by atoms with E-state index >= 15 is 0 Å². The average Bonchev–Trinajstić information content (AvgIpc) is 3.31. The van der Waals surface area contributed by atoms with Crippen LogP contribution in [0.25, 0.3) is 32.9 Å². The number of rotatable bonds is 6. The van der Waals surface area contributed by atoms with Crippen LogP contribution in [0.2, 0.25) is 0 Å². The highest BCUT2D eigenvalue weighted by atomic mass is 32.2. The zero-order valence-corrected chi connectivity index (χ0v) is 17.4. The molecule has 0 aliphatic heterocycles. The van der Waals surface area contributed by atoms with Gasteiger partial charge in [0, 0.05) is 46.2 Å². The van der Waals surface area contributed by atoms with Crippen LogP contribution in [0.4, 0.5) is 5.69 Å². The number of aromatic nitrogens is 2. The first-order valence-electron chi connectivity index (χ1n) is 10.0. The van der Waals surface area contributed by atoms with Gasteiger partial charge in [0.05, 0.1) is 0 Å². The molecule has 0 unspecified atom stereocenters. The van der Waals surface area contributed by atoms with Crippen LogP contribution >= 0.6 is 11.8 Å². The number of fused-ring (bicyclic) bond motifs is 4. The second-order valence-electron chi connectivity index (χ2n) is 7.09. The van der Waals surface area contributed by atoms with Crippen molar-refractivity contribution in [3.05, 3.63) is 66.7 Å². The van der Waals surface area contributed by atoms with E-state index < -0.39 is 0 Å². The van der Waals surface area contributed by atoms with Gasteiger partial charge in [-0.25, -0.2) is 4.98 Å². The lowest BCUT2D eigenvalue weighted by Crippen LogP contribution is -2.12. The van der Waals surface area contributed by atoms with E-state index in [4.69, 9.17) is 4.42 Å². The average molecular weight is 416 g/mol. The first-order chi connectivity index (χ1) is 14.7. The number of oxazole rings is 1. The van der Waals surface area contributed by atoms with E-state index in [9.17, 15) is 4.79 Å². The predicted octanol–water partition coefficient (Wildman–Crippen LogP) is 6.08. The molecule has 5 rings (SSSR count). The molecule has 2 heterocycles. The number of amides is 1. The van der Waals surface area contributed by atoms with Gasteiger partial charge < -0.3 is 14.3 Å². The third-order valence-corrected chi connectivity index (χ3v) is 6.03. The van der Waals surface area contributed by atoms with Crippen LogP contribution in [0.3, 0.4) is 0 Å². The lowest BCUT2D eigenvalue weighted by molar-refractivity contribution is -0.115. The molecular weight excluding hydrogens is 394 g/mol. The molecule has 0 aliphatic rings. The highest BCUT2D eigenvalue weighted by Crippen LogP contribution is 2.31. The van der Waals surface area contributed by atoms with Crippen molar-refractivity contribution >= 4 is 56.3 Å². The SMILES string of the molecule is CCn1c2ccccc2c2cc(NC(=O)CCSc3nc4ccccc4o3)ccc21. The summed E-state index contributed by atoms with van der Waals surface area (Å²) in [4.78, 5) is 16.9. The third-order valence-electron chi connectivity index (χ3n) is 5.20. The highest BCUT2D eigenvalue weighted by Gasteiger charge is 2.11. The topological polar surface area (TPSA) is 60.1 Å². The Kier molecular flexibility index (Phi) is 4.93. The summed E-state index contributed by atoms with van der Waals surface area (Å²) in [7, 11) is 0. The van der Waals surface area contributed by atoms with Gasteiger partial charge in [0.1, 0.15) is 5.52 Å². The van der Waals surface area contributed by atoms with Gasteiger partial charge in [0.2, 0.25) is 5.91 Å². The molecule has 0 atom stereocenters. The van der Waals surface area contributed by atoms with Crippen LogP contribution < -0.4 is 5.32 Å². The van der Waals surface area contributed by atoms with Gasteiger partial charge in [0.15, 0.2) is 5.58 Å². The maximum atomic E-state index is 12.5. The number of hydrogen-bond acceptors (Lipinski definition) is 4. The number of anilines is 1. The van der Waals surface area contributed by atoms with Gasteiger partial charge in [-0.2, -0.15) is 0 Å². The normalized spacial score (nSPS) is 11.5. The Morgan fingerprint density at radius 1 is 1.03 bits per heavy atom. The third kappa shape index (κ3) is 3.44. The van der Waals surface area contributed by atoms with Crippen LogP contribution in [0.5, 0.6) is 0 Å². The molecule has 0 aliphatic carbocycles. The van der Waals surface area contributed by atoms with Crippen LogP contribution in [-0.4, -0.2) is 21.2 Å². The Labute approximate surface area is 178 Å².